The first kappa shape index (κ1) is 43.6. The summed E-state index contributed by atoms with van der Waals surface area (Å²) in [5, 5.41) is 9.21. The molecule has 4 aromatic heterocycles. The number of fused-ring (bicyclic) bond motifs is 4. The van der Waals surface area contributed by atoms with Gasteiger partial charge in [0.2, 0.25) is 15.9 Å². The zero-order valence-corrected chi connectivity index (χ0v) is 33.9. The predicted molar refractivity (Wildman–Crippen MR) is 206 cm³/mol. The van der Waals surface area contributed by atoms with Crippen molar-refractivity contribution in [2.75, 3.05) is 11.0 Å². The molecule has 63 heavy (non-hydrogen) atoms. The van der Waals surface area contributed by atoms with Crippen LogP contribution in [-0.2, 0) is 46.7 Å². The van der Waals surface area contributed by atoms with Crippen molar-refractivity contribution < 1.29 is 52.7 Å². The number of alkyl halides is 7. The Morgan fingerprint density at radius 2 is 1.70 bits per heavy atom. The predicted octanol–water partition coefficient (Wildman–Crippen LogP) is 6.91. The number of hydrogen-bond acceptors (Lipinski definition) is 9. The van der Waals surface area contributed by atoms with Gasteiger partial charge in [0.05, 0.1) is 33.9 Å². The van der Waals surface area contributed by atoms with Gasteiger partial charge in [-0.1, -0.05) is 18.5 Å². The van der Waals surface area contributed by atoms with E-state index in [0.717, 1.165) is 30.3 Å². The molecule has 8 rings (SSSR count). The van der Waals surface area contributed by atoms with Crippen LogP contribution < -0.4 is 15.6 Å². The van der Waals surface area contributed by atoms with E-state index in [4.69, 9.17) is 11.6 Å². The van der Waals surface area contributed by atoms with Gasteiger partial charge in [-0.25, -0.2) is 40.9 Å². The molecule has 3 unspecified atom stereocenters. The number of aromatic nitrogens is 8. The highest BCUT2D eigenvalue weighted by atomic mass is 35.5. The molecule has 2 aromatic carbocycles. The van der Waals surface area contributed by atoms with Crippen molar-refractivity contribution in [1.82, 2.24) is 44.4 Å². The fraction of sp³-hybridized carbons (Fsp3) is 0.342. The van der Waals surface area contributed by atoms with Crippen molar-refractivity contribution in [3.05, 3.63) is 110 Å². The summed E-state index contributed by atoms with van der Waals surface area (Å²) in [6, 6.07) is 3.51. The maximum Gasteiger partial charge on any atom is 0.408 e. The largest absolute Gasteiger partial charge is 0.408 e. The number of halogens is 10. The summed E-state index contributed by atoms with van der Waals surface area (Å²) in [6.45, 7) is -1.17. The zero-order valence-electron chi connectivity index (χ0n) is 32.4. The van der Waals surface area contributed by atoms with Gasteiger partial charge in [0, 0.05) is 42.4 Å². The molecule has 25 heteroatoms. The third-order valence-corrected chi connectivity index (χ3v) is 11.3. The quantitative estimate of drug-likeness (QED) is 0.117. The molecule has 0 bridgehead atoms. The molecule has 0 spiro atoms. The fourth-order valence-electron chi connectivity index (χ4n) is 7.86. The molecule has 332 valence electrons. The monoisotopic (exact) mass is 928 g/mol. The highest BCUT2D eigenvalue weighted by molar-refractivity contribution is 7.92. The van der Waals surface area contributed by atoms with Crippen LogP contribution in [0.3, 0.4) is 0 Å². The number of aryl methyl sites for hydroxylation is 1. The molecule has 6 aromatic rings. The summed E-state index contributed by atoms with van der Waals surface area (Å²) in [6.07, 6.45) is -5.00. The molecule has 4 heterocycles. The minimum absolute atomic E-state index is 0.0695. The molecular weight excluding hydrogens is 899 g/mol. The van der Waals surface area contributed by atoms with Gasteiger partial charge in [-0.05, 0) is 54.2 Å². The van der Waals surface area contributed by atoms with Crippen LogP contribution in [0, 0.1) is 17.6 Å². The standard InChI is InChI=1S/C38H30ClF9N10O4S/c1-3-16-12-49-34(50-13-16)23-11-27(60)58(25-5-4-22(39)29-31(25)57(15-37(44,45)46)54-35(29)55-63(2,61)62)36(52-23)24(8-17-6-18(40)9-19(41)7-17)51-26(59)14-56-32-28(30(53-56)33(42)43)20-10-21(20)38(32,47)48/h4-7,9,11-13,20-21,24,33H,3,8,10,14-15H2,1-2H3,(H,51,59)(H,54,55). The van der Waals surface area contributed by atoms with Crippen LogP contribution in [0.15, 0.2) is 53.6 Å². The van der Waals surface area contributed by atoms with Crippen LogP contribution in [-0.4, -0.2) is 65.8 Å². The van der Waals surface area contributed by atoms with Crippen molar-refractivity contribution in [2.45, 2.75) is 69.8 Å². The number of benzene rings is 2. The van der Waals surface area contributed by atoms with Gasteiger partial charge in [0.15, 0.2) is 11.6 Å². The van der Waals surface area contributed by atoms with E-state index in [9.17, 15) is 48.7 Å². The van der Waals surface area contributed by atoms with Gasteiger partial charge in [-0.3, -0.25) is 28.2 Å². The van der Waals surface area contributed by atoms with E-state index in [1.54, 1.807) is 6.92 Å². The number of anilines is 1. The Balaban J connectivity index is 1.35. The van der Waals surface area contributed by atoms with Crippen LogP contribution in [0.1, 0.15) is 65.6 Å². The summed E-state index contributed by atoms with van der Waals surface area (Å²) in [5.74, 6) is -10.6. The molecule has 0 saturated heterocycles. The first-order valence-electron chi connectivity index (χ1n) is 18.7. The normalized spacial score (nSPS) is 17.2. The average Bonchev–Trinajstić information content (AvgIpc) is 3.71. The van der Waals surface area contributed by atoms with E-state index in [1.807, 2.05) is 4.72 Å². The second kappa shape index (κ2) is 15.6. The lowest BCUT2D eigenvalue weighted by Crippen LogP contribution is -2.38. The summed E-state index contributed by atoms with van der Waals surface area (Å²) < 4.78 is 159. The maximum absolute atomic E-state index is 15.5. The van der Waals surface area contributed by atoms with Gasteiger partial charge in [0.25, 0.3) is 17.9 Å². The van der Waals surface area contributed by atoms with Gasteiger partial charge in [-0.15, -0.1) is 0 Å². The van der Waals surface area contributed by atoms with E-state index in [1.165, 1.54) is 12.4 Å². The number of rotatable bonds is 13. The summed E-state index contributed by atoms with van der Waals surface area (Å²) in [4.78, 5) is 41.6. The van der Waals surface area contributed by atoms with Crippen molar-refractivity contribution >= 4 is 44.3 Å². The Kier molecular flexibility index (Phi) is 10.8. The number of carbonyl (C=O) groups excluding carboxylic acids is 1. The minimum Gasteiger partial charge on any atom is -0.344 e. The first-order valence-corrected chi connectivity index (χ1v) is 21.0. The molecule has 0 radical (unpaired) electrons. The van der Waals surface area contributed by atoms with E-state index >= 15 is 8.78 Å². The smallest absolute Gasteiger partial charge is 0.344 e. The second-order valence-electron chi connectivity index (χ2n) is 15.0. The first-order chi connectivity index (χ1) is 29.5. The van der Waals surface area contributed by atoms with E-state index in [-0.39, 0.29) is 34.1 Å². The summed E-state index contributed by atoms with van der Waals surface area (Å²) >= 11 is 6.46. The number of hydrogen-bond donors (Lipinski definition) is 2. The lowest BCUT2D eigenvalue weighted by atomic mass is 10.0. The molecule has 2 N–H and O–H groups in total. The third kappa shape index (κ3) is 8.44. The molecular formula is C38H30ClF9N10O4S. The molecule has 1 amide bonds. The van der Waals surface area contributed by atoms with Crippen molar-refractivity contribution in [3.8, 4) is 17.2 Å². The van der Waals surface area contributed by atoms with Gasteiger partial charge in [0.1, 0.15) is 47.6 Å². The lowest BCUT2D eigenvalue weighted by molar-refractivity contribution is -0.141. The molecule has 2 aliphatic carbocycles. The Morgan fingerprint density at radius 1 is 1.02 bits per heavy atom. The summed E-state index contributed by atoms with van der Waals surface area (Å²) in [5.41, 5.74) is -4.15. The number of amides is 1. The van der Waals surface area contributed by atoms with Gasteiger partial charge < -0.3 is 5.32 Å². The van der Waals surface area contributed by atoms with Crippen LogP contribution >= 0.6 is 11.6 Å². The Morgan fingerprint density at radius 3 is 2.32 bits per heavy atom. The van der Waals surface area contributed by atoms with E-state index in [0.29, 0.717) is 38.2 Å². The molecule has 0 aliphatic heterocycles. The van der Waals surface area contributed by atoms with Crippen molar-refractivity contribution in [1.29, 1.82) is 0 Å². The Hall–Kier alpha value is -6.04. The van der Waals surface area contributed by atoms with Gasteiger partial charge >= 0.3 is 6.18 Å². The highest BCUT2D eigenvalue weighted by Crippen LogP contribution is 2.68. The van der Waals surface area contributed by atoms with Crippen molar-refractivity contribution in [3.63, 3.8) is 0 Å². The van der Waals surface area contributed by atoms with E-state index < -0.39 is 129 Å². The summed E-state index contributed by atoms with van der Waals surface area (Å²) in [7, 11) is -4.23. The zero-order chi connectivity index (χ0) is 45.5. The number of sulfonamides is 1. The Labute approximate surface area is 354 Å². The van der Waals surface area contributed by atoms with E-state index in [2.05, 4.69) is 30.5 Å². The number of nitrogens with zero attached hydrogens (tertiary/aromatic N) is 8. The SMILES string of the molecule is CCc1cnc(-c2cc(=O)n(-c3ccc(Cl)c4c(NS(C)(=O)=O)nn(CC(F)(F)F)c34)c(C(Cc3cc(F)cc(F)c3)NC(=O)Cn3nc(C(F)F)c4c3C(F)(F)C3CC43)n2)nc1. The van der Waals surface area contributed by atoms with Crippen LogP contribution in [0.25, 0.3) is 28.1 Å². The second-order valence-corrected chi connectivity index (χ2v) is 17.2. The molecule has 1 fully saturated rings. The highest BCUT2D eigenvalue weighted by Gasteiger charge is 2.67. The molecule has 14 nitrogen and oxygen atoms in total. The van der Waals surface area contributed by atoms with Crippen molar-refractivity contribution in [2.24, 2.45) is 5.92 Å². The van der Waals surface area contributed by atoms with Gasteiger partial charge in [-0.2, -0.15) is 32.1 Å². The molecule has 2 aliphatic rings. The van der Waals surface area contributed by atoms with Crippen LogP contribution in [0.2, 0.25) is 5.02 Å². The molecule has 1 saturated carbocycles. The topological polar surface area (TPSA) is 172 Å². The molecule has 3 atom stereocenters. The Bertz CT molecular complexity index is 2970. The lowest BCUT2D eigenvalue weighted by Gasteiger charge is -2.24. The average molecular weight is 929 g/mol. The number of carbonyl (C=O) groups is 1. The fourth-order valence-corrected chi connectivity index (χ4v) is 8.60. The third-order valence-electron chi connectivity index (χ3n) is 10.4. The number of nitrogens with one attached hydrogen (secondary N) is 2. The van der Waals surface area contributed by atoms with Crippen LogP contribution in [0.4, 0.5) is 45.3 Å². The van der Waals surface area contributed by atoms with Crippen LogP contribution in [0.5, 0.6) is 0 Å². The minimum atomic E-state index is -5.01. The maximum atomic E-state index is 15.5.